The standard InChI is InChI=1S/C20H26N2/c1-2-22(16-18-7-4-3-5-8-18)14-12-17-10-11-20-19(15-17)9-6-13-21-20/h3-5,7-8,10-11,15,21H,2,6,9,12-14,16H2,1H3. The second-order valence-corrected chi connectivity index (χ2v) is 6.13. The molecule has 2 heteroatoms. The van der Waals surface area contributed by atoms with Crippen LogP contribution in [0.5, 0.6) is 0 Å². The Bertz CT molecular complexity index is 592. The second-order valence-electron chi connectivity index (χ2n) is 6.13. The van der Waals surface area contributed by atoms with Gasteiger partial charge in [-0.25, -0.2) is 0 Å². The largest absolute Gasteiger partial charge is 0.385 e. The predicted molar refractivity (Wildman–Crippen MR) is 94.3 cm³/mol. The summed E-state index contributed by atoms with van der Waals surface area (Å²) in [6.45, 7) is 6.63. The molecule has 0 spiro atoms. The molecule has 0 radical (unpaired) electrons. The van der Waals surface area contributed by atoms with Gasteiger partial charge in [-0.1, -0.05) is 49.4 Å². The van der Waals surface area contributed by atoms with Crippen LogP contribution in [0.2, 0.25) is 0 Å². The number of hydrogen-bond acceptors (Lipinski definition) is 2. The maximum absolute atomic E-state index is 3.49. The molecule has 1 N–H and O–H groups in total. The molecule has 0 amide bonds. The first-order valence-electron chi connectivity index (χ1n) is 8.47. The number of aryl methyl sites for hydroxylation is 1. The lowest BCUT2D eigenvalue weighted by atomic mass is 9.99. The van der Waals surface area contributed by atoms with Gasteiger partial charge in [0.1, 0.15) is 0 Å². The Kier molecular flexibility index (Phi) is 5.12. The number of anilines is 1. The van der Waals surface area contributed by atoms with Gasteiger partial charge in [-0.3, -0.25) is 4.90 Å². The summed E-state index contributed by atoms with van der Waals surface area (Å²) in [6.07, 6.45) is 3.61. The molecule has 2 aromatic carbocycles. The molecule has 1 aliphatic heterocycles. The molecule has 0 aliphatic carbocycles. The van der Waals surface area contributed by atoms with Crippen molar-refractivity contribution < 1.29 is 0 Å². The fourth-order valence-electron chi connectivity index (χ4n) is 3.16. The minimum Gasteiger partial charge on any atom is -0.385 e. The first kappa shape index (κ1) is 15.1. The molecule has 0 aromatic heterocycles. The van der Waals surface area contributed by atoms with E-state index in [1.165, 1.54) is 35.2 Å². The molecule has 0 saturated heterocycles. The van der Waals surface area contributed by atoms with E-state index in [1.807, 2.05) is 0 Å². The Morgan fingerprint density at radius 3 is 2.73 bits per heavy atom. The van der Waals surface area contributed by atoms with Crippen LogP contribution in [0.15, 0.2) is 48.5 Å². The molecular formula is C20H26N2. The van der Waals surface area contributed by atoms with E-state index < -0.39 is 0 Å². The van der Waals surface area contributed by atoms with Crippen LogP contribution in [0, 0.1) is 0 Å². The van der Waals surface area contributed by atoms with E-state index >= 15 is 0 Å². The Balaban J connectivity index is 1.58. The normalized spacial score (nSPS) is 13.7. The van der Waals surface area contributed by atoms with E-state index in [2.05, 4.69) is 65.7 Å². The molecule has 3 rings (SSSR count). The summed E-state index contributed by atoms with van der Waals surface area (Å²) in [5.74, 6) is 0. The Morgan fingerprint density at radius 2 is 1.91 bits per heavy atom. The Labute approximate surface area is 134 Å². The molecule has 1 heterocycles. The van der Waals surface area contributed by atoms with Crippen LogP contribution in [-0.2, 0) is 19.4 Å². The molecule has 116 valence electrons. The van der Waals surface area contributed by atoms with Gasteiger partial charge in [0.25, 0.3) is 0 Å². The van der Waals surface area contributed by atoms with Crippen LogP contribution >= 0.6 is 0 Å². The number of likely N-dealkylation sites (N-methyl/N-ethyl adjacent to an activating group) is 1. The summed E-state index contributed by atoms with van der Waals surface area (Å²) in [7, 11) is 0. The number of fused-ring (bicyclic) bond motifs is 1. The van der Waals surface area contributed by atoms with Crippen LogP contribution in [0.25, 0.3) is 0 Å². The lowest BCUT2D eigenvalue weighted by Crippen LogP contribution is -2.25. The first-order valence-corrected chi connectivity index (χ1v) is 8.47. The van der Waals surface area contributed by atoms with E-state index in [1.54, 1.807) is 0 Å². The number of nitrogens with zero attached hydrogens (tertiary/aromatic N) is 1. The molecular weight excluding hydrogens is 268 g/mol. The quantitative estimate of drug-likeness (QED) is 0.862. The van der Waals surface area contributed by atoms with Crippen molar-refractivity contribution in [2.45, 2.75) is 32.7 Å². The number of hydrogen-bond donors (Lipinski definition) is 1. The lowest BCUT2D eigenvalue weighted by Gasteiger charge is -2.22. The summed E-state index contributed by atoms with van der Waals surface area (Å²) >= 11 is 0. The van der Waals surface area contributed by atoms with Gasteiger partial charge in [0.2, 0.25) is 0 Å². The minimum atomic E-state index is 1.05. The van der Waals surface area contributed by atoms with Crippen molar-refractivity contribution >= 4 is 5.69 Å². The van der Waals surface area contributed by atoms with Crippen molar-refractivity contribution in [2.75, 3.05) is 25.0 Å². The summed E-state index contributed by atoms with van der Waals surface area (Å²) in [4.78, 5) is 2.52. The predicted octanol–water partition coefficient (Wildman–Crippen LogP) is 4.11. The zero-order valence-electron chi connectivity index (χ0n) is 13.5. The third-order valence-electron chi connectivity index (χ3n) is 4.52. The Morgan fingerprint density at radius 1 is 1.05 bits per heavy atom. The van der Waals surface area contributed by atoms with Crippen molar-refractivity contribution in [1.82, 2.24) is 4.90 Å². The van der Waals surface area contributed by atoms with Crippen LogP contribution in [-0.4, -0.2) is 24.5 Å². The smallest absolute Gasteiger partial charge is 0.0372 e. The molecule has 2 aromatic rings. The highest BCUT2D eigenvalue weighted by atomic mass is 15.1. The summed E-state index contributed by atoms with van der Waals surface area (Å²) in [6, 6.07) is 17.7. The maximum Gasteiger partial charge on any atom is 0.0372 e. The molecule has 0 saturated carbocycles. The monoisotopic (exact) mass is 294 g/mol. The average Bonchev–Trinajstić information content (AvgIpc) is 2.59. The lowest BCUT2D eigenvalue weighted by molar-refractivity contribution is 0.283. The molecule has 2 nitrogen and oxygen atoms in total. The van der Waals surface area contributed by atoms with Crippen LogP contribution in [0.1, 0.15) is 30.0 Å². The number of benzene rings is 2. The van der Waals surface area contributed by atoms with Crippen molar-refractivity contribution in [3.05, 3.63) is 65.2 Å². The van der Waals surface area contributed by atoms with Gasteiger partial charge in [0.15, 0.2) is 0 Å². The summed E-state index contributed by atoms with van der Waals surface area (Å²) in [5, 5.41) is 3.49. The third-order valence-corrected chi connectivity index (χ3v) is 4.52. The maximum atomic E-state index is 3.49. The molecule has 0 fully saturated rings. The van der Waals surface area contributed by atoms with Crippen LogP contribution in [0.4, 0.5) is 5.69 Å². The molecule has 1 aliphatic rings. The van der Waals surface area contributed by atoms with Gasteiger partial charge in [-0.2, -0.15) is 0 Å². The van der Waals surface area contributed by atoms with E-state index in [9.17, 15) is 0 Å². The highest BCUT2D eigenvalue weighted by Crippen LogP contribution is 2.23. The van der Waals surface area contributed by atoms with Crippen molar-refractivity contribution in [1.29, 1.82) is 0 Å². The highest BCUT2D eigenvalue weighted by molar-refractivity contribution is 5.54. The third kappa shape index (κ3) is 3.89. The zero-order chi connectivity index (χ0) is 15.2. The van der Waals surface area contributed by atoms with Gasteiger partial charge >= 0.3 is 0 Å². The van der Waals surface area contributed by atoms with Gasteiger partial charge in [0, 0.05) is 25.3 Å². The SMILES string of the molecule is CCN(CCc1ccc2c(c1)CCCN2)Cc1ccccc1. The van der Waals surface area contributed by atoms with Crippen molar-refractivity contribution in [3.63, 3.8) is 0 Å². The fourth-order valence-corrected chi connectivity index (χ4v) is 3.16. The zero-order valence-corrected chi connectivity index (χ0v) is 13.5. The molecule has 0 atom stereocenters. The van der Waals surface area contributed by atoms with Gasteiger partial charge < -0.3 is 5.32 Å². The van der Waals surface area contributed by atoms with E-state index in [0.717, 1.165) is 32.6 Å². The fraction of sp³-hybridized carbons (Fsp3) is 0.400. The van der Waals surface area contributed by atoms with E-state index in [4.69, 9.17) is 0 Å². The first-order chi connectivity index (χ1) is 10.8. The summed E-state index contributed by atoms with van der Waals surface area (Å²) in [5.41, 5.74) is 5.70. The molecule has 0 bridgehead atoms. The van der Waals surface area contributed by atoms with Crippen molar-refractivity contribution in [2.24, 2.45) is 0 Å². The van der Waals surface area contributed by atoms with E-state index in [-0.39, 0.29) is 0 Å². The average molecular weight is 294 g/mol. The van der Waals surface area contributed by atoms with E-state index in [0.29, 0.717) is 0 Å². The van der Waals surface area contributed by atoms with Gasteiger partial charge in [-0.05, 0) is 48.6 Å². The molecule has 22 heavy (non-hydrogen) atoms. The number of nitrogens with one attached hydrogen (secondary N) is 1. The molecule has 0 unspecified atom stereocenters. The van der Waals surface area contributed by atoms with Gasteiger partial charge in [-0.15, -0.1) is 0 Å². The van der Waals surface area contributed by atoms with Crippen LogP contribution in [0.3, 0.4) is 0 Å². The van der Waals surface area contributed by atoms with Crippen LogP contribution < -0.4 is 5.32 Å². The van der Waals surface area contributed by atoms with Gasteiger partial charge in [0.05, 0.1) is 0 Å². The highest BCUT2D eigenvalue weighted by Gasteiger charge is 2.09. The minimum absolute atomic E-state index is 1.05. The van der Waals surface area contributed by atoms with Crippen molar-refractivity contribution in [3.8, 4) is 0 Å². The second kappa shape index (κ2) is 7.46. The Hall–Kier alpha value is -1.80. The number of rotatable bonds is 6. The summed E-state index contributed by atoms with van der Waals surface area (Å²) < 4.78 is 0. The topological polar surface area (TPSA) is 15.3 Å².